The fourth-order valence-corrected chi connectivity index (χ4v) is 2.11. The van der Waals surface area contributed by atoms with Crippen LogP contribution in [0.5, 0.6) is 0 Å². The Labute approximate surface area is 117 Å². The summed E-state index contributed by atoms with van der Waals surface area (Å²) in [4.78, 5) is 15.4. The molecule has 20 heavy (non-hydrogen) atoms. The van der Waals surface area contributed by atoms with Crippen LogP contribution in [0.3, 0.4) is 0 Å². The normalized spacial score (nSPS) is 14.0. The number of pyridine rings is 1. The van der Waals surface area contributed by atoms with Crippen LogP contribution in [-0.4, -0.2) is 16.1 Å². The largest absolute Gasteiger partial charge is 0.478 e. The van der Waals surface area contributed by atoms with Gasteiger partial charge in [-0.1, -0.05) is 18.2 Å². The molecular formula is C16H16N2O2. The summed E-state index contributed by atoms with van der Waals surface area (Å²) in [6.07, 6.45) is 2.49. The molecule has 1 aliphatic rings. The molecule has 0 aliphatic heterocycles. The minimum atomic E-state index is -0.900. The molecule has 1 heterocycles. The van der Waals surface area contributed by atoms with Crippen molar-refractivity contribution in [1.82, 2.24) is 4.98 Å². The molecule has 0 unspecified atom stereocenters. The Balaban J connectivity index is 1.63. The lowest BCUT2D eigenvalue weighted by molar-refractivity contribution is 0.0697. The first-order valence-corrected chi connectivity index (χ1v) is 6.75. The van der Waals surface area contributed by atoms with Gasteiger partial charge in [0.1, 0.15) is 5.82 Å². The van der Waals surface area contributed by atoms with Crippen LogP contribution in [0.1, 0.15) is 40.4 Å². The number of nitrogens with one attached hydrogen (secondary N) is 1. The van der Waals surface area contributed by atoms with Gasteiger partial charge in [0.05, 0.1) is 5.56 Å². The van der Waals surface area contributed by atoms with Crippen molar-refractivity contribution >= 4 is 11.8 Å². The molecule has 0 amide bonds. The maximum Gasteiger partial charge on any atom is 0.335 e. The van der Waals surface area contributed by atoms with Crippen molar-refractivity contribution in [2.24, 2.45) is 0 Å². The van der Waals surface area contributed by atoms with Crippen molar-refractivity contribution in [3.63, 3.8) is 0 Å². The van der Waals surface area contributed by atoms with Gasteiger partial charge in [-0.05, 0) is 42.7 Å². The lowest BCUT2D eigenvalue weighted by atomic mass is 10.1. The standard InChI is InChI=1S/C16H16N2O2/c19-16(20)13-6-4-11(5-7-13)10-17-15-3-1-2-14(18-15)12-8-9-12/h1-7,12H,8-10H2,(H,17,18)(H,19,20). The maximum absolute atomic E-state index is 10.8. The van der Waals surface area contributed by atoms with Gasteiger partial charge in [-0.3, -0.25) is 0 Å². The van der Waals surface area contributed by atoms with E-state index in [0.717, 1.165) is 17.1 Å². The molecule has 0 spiro atoms. The third kappa shape index (κ3) is 2.96. The third-order valence-electron chi connectivity index (χ3n) is 3.44. The Morgan fingerprint density at radius 3 is 2.60 bits per heavy atom. The monoisotopic (exact) mass is 268 g/mol. The summed E-state index contributed by atoms with van der Waals surface area (Å²) >= 11 is 0. The van der Waals surface area contributed by atoms with E-state index in [0.29, 0.717) is 18.0 Å². The van der Waals surface area contributed by atoms with Gasteiger partial charge in [-0.15, -0.1) is 0 Å². The van der Waals surface area contributed by atoms with Crippen LogP contribution in [0.4, 0.5) is 5.82 Å². The third-order valence-corrected chi connectivity index (χ3v) is 3.44. The lowest BCUT2D eigenvalue weighted by Crippen LogP contribution is -2.03. The molecule has 4 nitrogen and oxygen atoms in total. The number of hydrogen-bond acceptors (Lipinski definition) is 3. The zero-order chi connectivity index (χ0) is 13.9. The first-order valence-electron chi connectivity index (χ1n) is 6.75. The summed E-state index contributed by atoms with van der Waals surface area (Å²) in [6, 6.07) is 12.9. The summed E-state index contributed by atoms with van der Waals surface area (Å²) in [5.74, 6) is 0.617. The van der Waals surface area contributed by atoms with Gasteiger partial charge in [0.2, 0.25) is 0 Å². The number of carboxylic acids is 1. The average Bonchev–Trinajstić information content (AvgIpc) is 3.30. The highest BCUT2D eigenvalue weighted by Crippen LogP contribution is 2.39. The van der Waals surface area contributed by atoms with Crippen LogP contribution < -0.4 is 5.32 Å². The summed E-state index contributed by atoms with van der Waals surface area (Å²) in [7, 11) is 0. The molecule has 0 bridgehead atoms. The highest BCUT2D eigenvalue weighted by molar-refractivity contribution is 5.87. The molecule has 0 radical (unpaired) electrons. The number of carbonyl (C=O) groups is 1. The number of aromatic nitrogens is 1. The number of benzene rings is 1. The Bertz CT molecular complexity index is 619. The number of anilines is 1. The Morgan fingerprint density at radius 2 is 1.95 bits per heavy atom. The fourth-order valence-electron chi connectivity index (χ4n) is 2.11. The van der Waals surface area contributed by atoms with Gasteiger partial charge >= 0.3 is 5.97 Å². The van der Waals surface area contributed by atoms with E-state index in [9.17, 15) is 4.79 Å². The van der Waals surface area contributed by atoms with E-state index in [4.69, 9.17) is 5.11 Å². The van der Waals surface area contributed by atoms with Crippen LogP contribution in [0, 0.1) is 0 Å². The predicted molar refractivity (Wildman–Crippen MR) is 76.9 cm³/mol. The van der Waals surface area contributed by atoms with E-state index in [1.165, 1.54) is 12.8 Å². The van der Waals surface area contributed by atoms with Gasteiger partial charge in [-0.25, -0.2) is 9.78 Å². The van der Waals surface area contributed by atoms with Crippen LogP contribution in [0.15, 0.2) is 42.5 Å². The molecule has 1 aliphatic carbocycles. The van der Waals surface area contributed by atoms with Gasteiger partial charge in [-0.2, -0.15) is 0 Å². The van der Waals surface area contributed by atoms with E-state index in [2.05, 4.69) is 16.4 Å². The second kappa shape index (κ2) is 5.33. The topological polar surface area (TPSA) is 62.2 Å². The van der Waals surface area contributed by atoms with Crippen molar-refractivity contribution in [2.75, 3.05) is 5.32 Å². The zero-order valence-electron chi connectivity index (χ0n) is 11.0. The van der Waals surface area contributed by atoms with E-state index in [-0.39, 0.29) is 0 Å². The molecule has 2 aromatic rings. The second-order valence-corrected chi connectivity index (χ2v) is 5.08. The molecule has 1 saturated carbocycles. The Morgan fingerprint density at radius 1 is 1.20 bits per heavy atom. The minimum absolute atomic E-state index is 0.308. The molecule has 0 saturated heterocycles. The van der Waals surface area contributed by atoms with Gasteiger partial charge < -0.3 is 10.4 Å². The SMILES string of the molecule is O=C(O)c1ccc(CNc2cccc(C3CC3)n2)cc1. The number of nitrogens with zero attached hydrogens (tertiary/aromatic N) is 1. The maximum atomic E-state index is 10.8. The van der Waals surface area contributed by atoms with Crippen molar-refractivity contribution in [3.8, 4) is 0 Å². The number of hydrogen-bond donors (Lipinski definition) is 2. The Hall–Kier alpha value is -2.36. The average molecular weight is 268 g/mol. The smallest absolute Gasteiger partial charge is 0.335 e. The second-order valence-electron chi connectivity index (χ2n) is 5.08. The quantitative estimate of drug-likeness (QED) is 0.873. The molecule has 3 rings (SSSR count). The molecular weight excluding hydrogens is 252 g/mol. The summed E-state index contributed by atoms with van der Waals surface area (Å²) in [6.45, 7) is 0.640. The highest BCUT2D eigenvalue weighted by Gasteiger charge is 2.24. The minimum Gasteiger partial charge on any atom is -0.478 e. The van der Waals surface area contributed by atoms with E-state index >= 15 is 0 Å². The summed E-state index contributed by atoms with van der Waals surface area (Å²) < 4.78 is 0. The molecule has 1 aromatic carbocycles. The molecule has 1 aromatic heterocycles. The highest BCUT2D eigenvalue weighted by atomic mass is 16.4. The zero-order valence-corrected chi connectivity index (χ0v) is 11.0. The number of rotatable bonds is 5. The van der Waals surface area contributed by atoms with Gasteiger partial charge in [0.25, 0.3) is 0 Å². The molecule has 4 heteroatoms. The van der Waals surface area contributed by atoms with Gasteiger partial charge in [0.15, 0.2) is 0 Å². The molecule has 102 valence electrons. The van der Waals surface area contributed by atoms with E-state index in [1.807, 2.05) is 24.3 Å². The first kappa shape index (κ1) is 12.7. The van der Waals surface area contributed by atoms with Crippen molar-refractivity contribution in [3.05, 3.63) is 59.3 Å². The lowest BCUT2D eigenvalue weighted by Gasteiger charge is -2.07. The van der Waals surface area contributed by atoms with Crippen LogP contribution in [-0.2, 0) is 6.54 Å². The molecule has 2 N–H and O–H groups in total. The van der Waals surface area contributed by atoms with E-state index < -0.39 is 5.97 Å². The first-order chi connectivity index (χ1) is 9.72. The summed E-state index contributed by atoms with van der Waals surface area (Å²) in [5, 5.41) is 12.1. The predicted octanol–water partition coefficient (Wildman–Crippen LogP) is 3.27. The van der Waals surface area contributed by atoms with Gasteiger partial charge in [0, 0.05) is 18.2 Å². The number of aromatic carboxylic acids is 1. The molecule has 0 atom stereocenters. The Kier molecular flexibility index (Phi) is 3.37. The number of carboxylic acid groups (broad SMARTS) is 1. The van der Waals surface area contributed by atoms with Crippen molar-refractivity contribution < 1.29 is 9.90 Å². The van der Waals surface area contributed by atoms with Crippen LogP contribution >= 0.6 is 0 Å². The van der Waals surface area contributed by atoms with E-state index in [1.54, 1.807) is 12.1 Å². The van der Waals surface area contributed by atoms with Crippen molar-refractivity contribution in [1.29, 1.82) is 0 Å². The van der Waals surface area contributed by atoms with Crippen molar-refractivity contribution in [2.45, 2.75) is 25.3 Å². The summed E-state index contributed by atoms with van der Waals surface area (Å²) in [5.41, 5.74) is 2.51. The van der Waals surface area contributed by atoms with Crippen LogP contribution in [0.25, 0.3) is 0 Å². The molecule has 1 fully saturated rings. The van der Waals surface area contributed by atoms with Crippen LogP contribution in [0.2, 0.25) is 0 Å². The fraction of sp³-hybridized carbons (Fsp3) is 0.250.